The van der Waals surface area contributed by atoms with E-state index in [1.165, 1.54) is 6.42 Å². The number of rotatable bonds is 9. The molecule has 2 heteroatoms. The Morgan fingerprint density at radius 1 is 1.00 bits per heavy atom. The van der Waals surface area contributed by atoms with Gasteiger partial charge >= 0.3 is 0 Å². The van der Waals surface area contributed by atoms with Crippen LogP contribution in [0.2, 0.25) is 0 Å². The van der Waals surface area contributed by atoms with Crippen molar-refractivity contribution in [3.05, 3.63) is 0 Å². The molecule has 0 saturated carbocycles. The summed E-state index contributed by atoms with van der Waals surface area (Å²) < 4.78 is 5.72. The van der Waals surface area contributed by atoms with Crippen LogP contribution in [0.25, 0.3) is 0 Å². The zero-order valence-electron chi connectivity index (χ0n) is 11.2. The van der Waals surface area contributed by atoms with Crippen molar-refractivity contribution in [3.63, 3.8) is 0 Å². The smallest absolute Gasteiger partial charge is 0.0549 e. The van der Waals surface area contributed by atoms with Gasteiger partial charge in [0.05, 0.1) is 6.10 Å². The quantitative estimate of drug-likeness (QED) is 0.597. The number of hydrogen-bond donors (Lipinski definition) is 1. The Morgan fingerprint density at radius 3 is 2.20 bits per heavy atom. The lowest BCUT2D eigenvalue weighted by molar-refractivity contribution is 0.0505. The van der Waals surface area contributed by atoms with Gasteiger partial charge in [-0.3, -0.25) is 0 Å². The Morgan fingerprint density at radius 2 is 1.67 bits per heavy atom. The molecule has 1 unspecified atom stereocenters. The van der Waals surface area contributed by atoms with Gasteiger partial charge in [-0.05, 0) is 44.7 Å². The van der Waals surface area contributed by atoms with Crippen molar-refractivity contribution in [1.29, 1.82) is 0 Å². The van der Waals surface area contributed by atoms with E-state index >= 15 is 0 Å². The predicted molar refractivity (Wildman–Crippen MR) is 67.2 cm³/mol. The average Bonchev–Trinajstić information content (AvgIpc) is 2.09. The zero-order chi connectivity index (χ0) is 11.7. The molecule has 0 amide bonds. The first-order valence-corrected chi connectivity index (χ1v) is 6.34. The van der Waals surface area contributed by atoms with Gasteiger partial charge in [-0.1, -0.05) is 27.7 Å². The molecule has 0 fully saturated rings. The highest BCUT2D eigenvalue weighted by Crippen LogP contribution is 2.07. The molecule has 0 bridgehead atoms. The Hall–Kier alpha value is -0.0800. The molecule has 1 atom stereocenters. The molecule has 2 nitrogen and oxygen atoms in total. The number of nitrogens with one attached hydrogen (secondary N) is 1. The maximum atomic E-state index is 5.72. The summed E-state index contributed by atoms with van der Waals surface area (Å²) in [7, 11) is 0. The molecule has 0 radical (unpaired) electrons. The van der Waals surface area contributed by atoms with Crippen LogP contribution in [0.4, 0.5) is 0 Å². The van der Waals surface area contributed by atoms with E-state index in [1.807, 2.05) is 0 Å². The molecule has 0 spiro atoms. The fourth-order valence-corrected chi connectivity index (χ4v) is 1.60. The maximum Gasteiger partial charge on any atom is 0.0549 e. The Kier molecular flexibility index (Phi) is 9.12. The van der Waals surface area contributed by atoms with Gasteiger partial charge in [-0.2, -0.15) is 0 Å². The molecule has 0 heterocycles. The topological polar surface area (TPSA) is 21.3 Å². The van der Waals surface area contributed by atoms with Crippen LogP contribution in [0.15, 0.2) is 0 Å². The molecule has 0 aliphatic carbocycles. The van der Waals surface area contributed by atoms with Gasteiger partial charge in [0.1, 0.15) is 0 Å². The van der Waals surface area contributed by atoms with Crippen LogP contribution in [0.5, 0.6) is 0 Å². The standard InChI is InChI=1S/C13H29NO/c1-11(2)9-13(5)15-8-6-7-14-10-12(3)4/h11-14H,6-10H2,1-5H3. The molecule has 0 rings (SSSR count). The van der Waals surface area contributed by atoms with Crippen molar-refractivity contribution in [2.45, 2.75) is 53.6 Å². The highest BCUT2D eigenvalue weighted by atomic mass is 16.5. The van der Waals surface area contributed by atoms with E-state index in [1.54, 1.807) is 0 Å². The minimum absolute atomic E-state index is 0.412. The highest BCUT2D eigenvalue weighted by molar-refractivity contribution is 4.55. The summed E-state index contributed by atoms with van der Waals surface area (Å²) in [5.74, 6) is 1.48. The molecule has 1 N–H and O–H groups in total. The zero-order valence-corrected chi connectivity index (χ0v) is 11.2. The molecule has 0 aliphatic heterocycles. The summed E-state index contributed by atoms with van der Waals surface area (Å²) in [6, 6.07) is 0. The summed E-state index contributed by atoms with van der Waals surface area (Å²) in [6.07, 6.45) is 2.70. The van der Waals surface area contributed by atoms with Crippen LogP contribution in [0, 0.1) is 11.8 Å². The van der Waals surface area contributed by atoms with Crippen molar-refractivity contribution >= 4 is 0 Å². The second-order valence-electron chi connectivity index (χ2n) is 5.26. The van der Waals surface area contributed by atoms with Crippen molar-refractivity contribution in [1.82, 2.24) is 5.32 Å². The van der Waals surface area contributed by atoms with E-state index in [-0.39, 0.29) is 0 Å². The molecule has 0 saturated heterocycles. The molecular formula is C13H29NO. The average molecular weight is 215 g/mol. The van der Waals surface area contributed by atoms with Gasteiger partial charge in [-0.25, -0.2) is 0 Å². The molecule has 92 valence electrons. The van der Waals surface area contributed by atoms with Crippen molar-refractivity contribution in [3.8, 4) is 0 Å². The first kappa shape index (κ1) is 14.9. The van der Waals surface area contributed by atoms with Crippen LogP contribution < -0.4 is 5.32 Å². The van der Waals surface area contributed by atoms with Crippen LogP contribution in [0.1, 0.15) is 47.5 Å². The van der Waals surface area contributed by atoms with E-state index < -0.39 is 0 Å². The third kappa shape index (κ3) is 11.8. The lowest BCUT2D eigenvalue weighted by Crippen LogP contribution is -2.22. The predicted octanol–water partition coefficient (Wildman–Crippen LogP) is 3.07. The molecular weight excluding hydrogens is 186 g/mol. The highest BCUT2D eigenvalue weighted by Gasteiger charge is 2.04. The summed E-state index contributed by atoms with van der Waals surface area (Å²) in [5, 5.41) is 3.42. The van der Waals surface area contributed by atoms with Crippen LogP contribution >= 0.6 is 0 Å². The molecule has 0 aromatic rings. The van der Waals surface area contributed by atoms with Gasteiger partial charge in [0.2, 0.25) is 0 Å². The van der Waals surface area contributed by atoms with Crippen molar-refractivity contribution < 1.29 is 4.74 Å². The van der Waals surface area contributed by atoms with Crippen LogP contribution in [0.3, 0.4) is 0 Å². The fourth-order valence-electron chi connectivity index (χ4n) is 1.60. The van der Waals surface area contributed by atoms with Crippen LogP contribution in [-0.4, -0.2) is 25.8 Å². The van der Waals surface area contributed by atoms with E-state index in [2.05, 4.69) is 39.9 Å². The third-order valence-electron chi connectivity index (χ3n) is 2.26. The first-order valence-electron chi connectivity index (χ1n) is 6.34. The van der Waals surface area contributed by atoms with Gasteiger partial charge in [0, 0.05) is 6.61 Å². The summed E-state index contributed by atoms with van der Waals surface area (Å²) in [4.78, 5) is 0. The summed E-state index contributed by atoms with van der Waals surface area (Å²) in [6.45, 7) is 14.2. The van der Waals surface area contributed by atoms with E-state index in [0.717, 1.165) is 38.0 Å². The van der Waals surface area contributed by atoms with E-state index in [0.29, 0.717) is 6.10 Å². The van der Waals surface area contributed by atoms with Gasteiger partial charge in [0.15, 0.2) is 0 Å². The molecule has 0 aromatic carbocycles. The van der Waals surface area contributed by atoms with Gasteiger partial charge in [0.25, 0.3) is 0 Å². The molecule has 15 heavy (non-hydrogen) atoms. The first-order chi connectivity index (χ1) is 7.02. The normalized spacial score (nSPS) is 13.8. The summed E-state index contributed by atoms with van der Waals surface area (Å²) >= 11 is 0. The Labute approximate surface area is 95.8 Å². The van der Waals surface area contributed by atoms with Crippen molar-refractivity contribution in [2.24, 2.45) is 11.8 Å². The minimum atomic E-state index is 0.412. The Bertz CT molecular complexity index is 134. The molecule has 0 aromatic heterocycles. The lowest BCUT2D eigenvalue weighted by Gasteiger charge is -2.15. The lowest BCUT2D eigenvalue weighted by atomic mass is 10.1. The second kappa shape index (κ2) is 9.17. The number of hydrogen-bond acceptors (Lipinski definition) is 2. The van der Waals surface area contributed by atoms with Crippen LogP contribution in [-0.2, 0) is 4.74 Å². The van der Waals surface area contributed by atoms with Gasteiger partial charge < -0.3 is 10.1 Å². The largest absolute Gasteiger partial charge is 0.378 e. The molecule has 0 aliphatic rings. The van der Waals surface area contributed by atoms with E-state index in [9.17, 15) is 0 Å². The monoisotopic (exact) mass is 215 g/mol. The Balaban J connectivity index is 3.16. The summed E-state index contributed by atoms with van der Waals surface area (Å²) in [5.41, 5.74) is 0. The van der Waals surface area contributed by atoms with Gasteiger partial charge in [-0.15, -0.1) is 0 Å². The SMILES string of the molecule is CC(C)CNCCCOC(C)CC(C)C. The second-order valence-corrected chi connectivity index (χ2v) is 5.26. The number of ether oxygens (including phenoxy) is 1. The fraction of sp³-hybridized carbons (Fsp3) is 1.00. The van der Waals surface area contributed by atoms with E-state index in [4.69, 9.17) is 4.74 Å². The maximum absolute atomic E-state index is 5.72. The minimum Gasteiger partial charge on any atom is -0.378 e. The van der Waals surface area contributed by atoms with Crippen molar-refractivity contribution in [2.75, 3.05) is 19.7 Å². The third-order valence-corrected chi connectivity index (χ3v) is 2.26.